The quantitative estimate of drug-likeness (QED) is 0.398. The Hall–Kier alpha value is -2.46. The summed E-state index contributed by atoms with van der Waals surface area (Å²) in [4.78, 5) is 28.6. The predicted molar refractivity (Wildman–Crippen MR) is 137 cm³/mol. The highest BCUT2D eigenvalue weighted by molar-refractivity contribution is 5.85. The molecule has 9 heteroatoms. The Labute approximate surface area is 218 Å². The number of carbonyl (C=O) groups is 2. The van der Waals surface area contributed by atoms with Crippen molar-refractivity contribution in [1.82, 2.24) is 9.88 Å². The summed E-state index contributed by atoms with van der Waals surface area (Å²) >= 11 is 0. The Balaban J connectivity index is 0.000000249. The van der Waals surface area contributed by atoms with Gasteiger partial charge in [-0.1, -0.05) is 18.2 Å². The number of aliphatic hydroxyl groups is 2. The second-order valence-electron chi connectivity index (χ2n) is 11.9. The summed E-state index contributed by atoms with van der Waals surface area (Å²) in [7, 11) is 7.10. The number of aliphatic hydroxyl groups excluding tert-OH is 2. The summed E-state index contributed by atoms with van der Waals surface area (Å²) in [6.07, 6.45) is 2.05. The molecule has 0 bridgehead atoms. The van der Waals surface area contributed by atoms with E-state index in [-0.39, 0.29) is 24.2 Å². The maximum atomic E-state index is 12.4. The Morgan fingerprint density at radius 2 is 1.97 bits per heavy atom. The number of H-pyrrole nitrogens is 1. The van der Waals surface area contributed by atoms with Crippen molar-refractivity contribution in [3.63, 3.8) is 0 Å². The van der Waals surface area contributed by atoms with E-state index in [1.165, 1.54) is 29.3 Å². The number of para-hydroxylation sites is 1. The topological polar surface area (TPSA) is 126 Å². The molecule has 2 fully saturated rings. The van der Waals surface area contributed by atoms with E-state index in [1.807, 2.05) is 21.1 Å². The smallest absolute Gasteiger partial charge is 0.311 e. The number of fused-ring (bicyclic) bond motifs is 6. The molecule has 3 heterocycles. The van der Waals surface area contributed by atoms with Crippen LogP contribution in [0.2, 0.25) is 0 Å². The summed E-state index contributed by atoms with van der Waals surface area (Å²) in [5.41, 5.74) is 3.96. The number of quaternary nitrogens is 1. The van der Waals surface area contributed by atoms with Crippen LogP contribution >= 0.6 is 0 Å². The number of hydrogen-bond donors (Lipinski definition) is 3. The molecule has 1 saturated heterocycles. The first-order valence-electron chi connectivity index (χ1n) is 13.3. The van der Waals surface area contributed by atoms with Crippen molar-refractivity contribution in [3.8, 4) is 0 Å². The van der Waals surface area contributed by atoms with Gasteiger partial charge in [-0.2, -0.15) is 0 Å². The standard InChI is InChI=1S/C21H26N2O3.C7H15NO3/c1-26-21(25)19-15-10-17-20-14(13-4-2-3-5-16(13)22-20)8-9-23(17)11-12(15)6-7-18(19)24;1-8(2,3)5-6(9)4-7(10)11/h2-5,12,15,17-19,22,24H,6-11H2,1H3;6,9H,4-5H2,1-3H3/t12-,15-,17-,18-,19+;6-/m01/s1. The molecule has 9 nitrogen and oxygen atoms in total. The van der Waals surface area contributed by atoms with Crippen LogP contribution in [0.1, 0.15) is 43.0 Å². The number of hydrogen-bond acceptors (Lipinski definition) is 7. The number of benzene rings is 1. The summed E-state index contributed by atoms with van der Waals surface area (Å²) in [6.45, 7) is 2.52. The van der Waals surface area contributed by atoms with E-state index in [1.54, 1.807) is 0 Å². The van der Waals surface area contributed by atoms with Crippen molar-refractivity contribution in [2.75, 3.05) is 47.9 Å². The molecule has 0 unspecified atom stereocenters. The second kappa shape index (κ2) is 11.1. The van der Waals surface area contributed by atoms with Gasteiger partial charge in [0.2, 0.25) is 0 Å². The number of aromatic amines is 1. The van der Waals surface area contributed by atoms with E-state index in [4.69, 9.17) is 9.84 Å². The highest BCUT2D eigenvalue weighted by Crippen LogP contribution is 2.49. The lowest BCUT2D eigenvalue weighted by atomic mass is 9.65. The molecule has 1 aromatic carbocycles. The number of aromatic nitrogens is 1. The number of esters is 1. The molecule has 1 aromatic heterocycles. The molecule has 2 aromatic rings. The summed E-state index contributed by atoms with van der Waals surface area (Å²) < 4.78 is 5.59. The van der Waals surface area contributed by atoms with Gasteiger partial charge in [-0.05, 0) is 49.1 Å². The fourth-order valence-corrected chi connectivity index (χ4v) is 6.69. The van der Waals surface area contributed by atoms with E-state index < -0.39 is 18.2 Å². The minimum Gasteiger partial charge on any atom is -0.550 e. The zero-order valence-electron chi connectivity index (χ0n) is 22.4. The Morgan fingerprint density at radius 1 is 1.24 bits per heavy atom. The molecule has 1 saturated carbocycles. The number of carboxylic acids is 1. The molecular formula is C28H41N3O6. The Bertz CT molecular complexity index is 1110. The average molecular weight is 516 g/mol. The van der Waals surface area contributed by atoms with Crippen LogP contribution in [-0.4, -0.2) is 96.6 Å². The van der Waals surface area contributed by atoms with Crippen LogP contribution in [0.4, 0.5) is 0 Å². The van der Waals surface area contributed by atoms with E-state index >= 15 is 0 Å². The largest absolute Gasteiger partial charge is 0.550 e. The van der Waals surface area contributed by atoms with Crippen molar-refractivity contribution in [2.24, 2.45) is 17.8 Å². The van der Waals surface area contributed by atoms with Crippen molar-refractivity contribution in [2.45, 2.75) is 50.4 Å². The molecular weight excluding hydrogens is 474 g/mol. The number of ether oxygens (including phenoxy) is 1. The monoisotopic (exact) mass is 515 g/mol. The number of nitrogens with zero attached hydrogens (tertiary/aromatic N) is 2. The van der Waals surface area contributed by atoms with Gasteiger partial charge >= 0.3 is 5.97 Å². The average Bonchev–Trinajstić information content (AvgIpc) is 3.20. The lowest BCUT2D eigenvalue weighted by Gasteiger charge is -2.50. The first-order chi connectivity index (χ1) is 17.5. The zero-order chi connectivity index (χ0) is 26.9. The van der Waals surface area contributed by atoms with Crippen molar-refractivity contribution in [3.05, 3.63) is 35.5 Å². The summed E-state index contributed by atoms with van der Waals surface area (Å²) in [5.74, 6) is -1.15. The number of rotatable bonds is 5. The SMILES string of the molecule is COC(=O)[C@@H]1[C@H]2C[C@H]3c4[nH]c5ccccc5c4CCN3C[C@@H]2CC[C@@H]1O.C[N+](C)(C)C[C@H](O)CC(=O)[O-]. The molecule has 3 aliphatic rings. The van der Waals surface area contributed by atoms with E-state index in [0.29, 0.717) is 29.4 Å². The van der Waals surface area contributed by atoms with Gasteiger partial charge in [-0.25, -0.2) is 0 Å². The van der Waals surface area contributed by atoms with Crippen LogP contribution in [0.5, 0.6) is 0 Å². The molecule has 3 N–H and O–H groups in total. The molecule has 0 spiro atoms. The third-order valence-corrected chi connectivity index (χ3v) is 8.18. The van der Waals surface area contributed by atoms with E-state index in [9.17, 15) is 19.8 Å². The second-order valence-corrected chi connectivity index (χ2v) is 11.9. The molecule has 0 amide bonds. The molecule has 2 aliphatic heterocycles. The van der Waals surface area contributed by atoms with Gasteiger partial charge in [0.05, 0.1) is 46.3 Å². The molecule has 37 heavy (non-hydrogen) atoms. The van der Waals surface area contributed by atoms with Crippen molar-refractivity contribution >= 4 is 22.8 Å². The van der Waals surface area contributed by atoms with Gasteiger partial charge in [-0.15, -0.1) is 0 Å². The number of piperidine rings is 1. The van der Waals surface area contributed by atoms with Crippen LogP contribution in [0.15, 0.2) is 24.3 Å². The third-order valence-electron chi connectivity index (χ3n) is 8.18. The molecule has 0 radical (unpaired) electrons. The lowest BCUT2D eigenvalue weighted by molar-refractivity contribution is -0.873. The molecule has 5 rings (SSSR count). The van der Waals surface area contributed by atoms with Crippen LogP contribution in [0, 0.1) is 17.8 Å². The minimum atomic E-state index is -1.20. The van der Waals surface area contributed by atoms with Gasteiger partial charge in [0, 0.05) is 42.1 Å². The number of nitrogens with one attached hydrogen (secondary N) is 1. The fraction of sp³-hybridized carbons (Fsp3) is 0.643. The summed E-state index contributed by atoms with van der Waals surface area (Å²) in [6, 6.07) is 8.83. The van der Waals surface area contributed by atoms with Gasteiger partial charge in [0.15, 0.2) is 0 Å². The lowest BCUT2D eigenvalue weighted by Crippen LogP contribution is -2.53. The maximum Gasteiger partial charge on any atom is 0.311 e. The number of likely N-dealkylation sites (N-methyl/N-ethyl adjacent to an activating group) is 1. The van der Waals surface area contributed by atoms with Crippen LogP contribution < -0.4 is 5.11 Å². The highest BCUT2D eigenvalue weighted by atomic mass is 16.5. The van der Waals surface area contributed by atoms with Gasteiger partial charge in [0.1, 0.15) is 12.6 Å². The zero-order valence-corrected chi connectivity index (χ0v) is 22.4. The first-order valence-corrected chi connectivity index (χ1v) is 13.3. The fourth-order valence-electron chi connectivity index (χ4n) is 6.69. The van der Waals surface area contributed by atoms with Gasteiger partial charge < -0.3 is 34.3 Å². The first kappa shape index (κ1) is 27.6. The maximum absolute atomic E-state index is 12.4. The number of aliphatic carboxylic acids is 1. The van der Waals surface area contributed by atoms with Crippen molar-refractivity contribution < 1.29 is 34.1 Å². The van der Waals surface area contributed by atoms with E-state index in [0.717, 1.165) is 32.4 Å². The van der Waals surface area contributed by atoms with Crippen LogP contribution in [0.25, 0.3) is 10.9 Å². The summed E-state index contributed by atoms with van der Waals surface area (Å²) in [5, 5.41) is 31.0. The van der Waals surface area contributed by atoms with E-state index in [2.05, 4.69) is 34.1 Å². The van der Waals surface area contributed by atoms with Crippen molar-refractivity contribution in [1.29, 1.82) is 0 Å². The van der Waals surface area contributed by atoms with Gasteiger partial charge in [0.25, 0.3) is 0 Å². The van der Waals surface area contributed by atoms with Crippen LogP contribution in [-0.2, 0) is 20.7 Å². The third kappa shape index (κ3) is 6.17. The Morgan fingerprint density at radius 3 is 2.65 bits per heavy atom. The Kier molecular flexibility index (Phi) is 8.28. The molecule has 1 aliphatic carbocycles. The number of carboxylic acid groups (broad SMARTS) is 1. The minimum absolute atomic E-state index is 0.199. The van der Waals surface area contributed by atoms with Crippen LogP contribution in [0.3, 0.4) is 0 Å². The number of methoxy groups -OCH3 is 1. The van der Waals surface area contributed by atoms with Gasteiger partial charge in [-0.3, -0.25) is 9.69 Å². The normalized spacial score (nSPS) is 28.2. The highest BCUT2D eigenvalue weighted by Gasteiger charge is 2.49. The molecule has 6 atom stereocenters. The number of carbonyl (C=O) groups excluding carboxylic acids is 2. The predicted octanol–water partition coefficient (Wildman–Crippen LogP) is 0.841. The molecule has 204 valence electrons.